The summed E-state index contributed by atoms with van der Waals surface area (Å²) in [5.74, 6) is -0.146. The molecule has 0 spiro atoms. The number of hydrogen-bond acceptors (Lipinski definition) is 2. The first-order valence-corrected chi connectivity index (χ1v) is 7.25. The summed E-state index contributed by atoms with van der Waals surface area (Å²) >= 11 is 0. The molecular formula is C16H23FN2O. The molecule has 0 aliphatic heterocycles. The topological polar surface area (TPSA) is 46.3 Å². The number of halogens is 1. The van der Waals surface area contributed by atoms with Crippen molar-refractivity contribution >= 4 is 5.91 Å². The Kier molecular flexibility index (Phi) is 4.43. The van der Waals surface area contributed by atoms with Crippen molar-refractivity contribution in [2.24, 2.45) is 11.7 Å². The van der Waals surface area contributed by atoms with Gasteiger partial charge in [0, 0.05) is 6.04 Å². The van der Waals surface area contributed by atoms with Crippen molar-refractivity contribution in [3.63, 3.8) is 0 Å². The van der Waals surface area contributed by atoms with Crippen molar-refractivity contribution in [3.05, 3.63) is 35.6 Å². The molecule has 1 amide bonds. The fourth-order valence-corrected chi connectivity index (χ4v) is 2.40. The molecule has 2 unspecified atom stereocenters. The van der Waals surface area contributed by atoms with Gasteiger partial charge < -0.3 is 10.6 Å². The highest BCUT2D eigenvalue weighted by Crippen LogP contribution is 2.35. The Balaban J connectivity index is 2.20. The molecule has 110 valence electrons. The van der Waals surface area contributed by atoms with Crippen LogP contribution in [0.2, 0.25) is 0 Å². The monoisotopic (exact) mass is 278 g/mol. The number of amides is 1. The van der Waals surface area contributed by atoms with Crippen LogP contribution in [0, 0.1) is 11.7 Å². The van der Waals surface area contributed by atoms with Gasteiger partial charge in [-0.15, -0.1) is 0 Å². The van der Waals surface area contributed by atoms with E-state index in [9.17, 15) is 9.18 Å². The van der Waals surface area contributed by atoms with Crippen LogP contribution >= 0.6 is 0 Å². The van der Waals surface area contributed by atoms with Gasteiger partial charge in [-0.3, -0.25) is 4.79 Å². The van der Waals surface area contributed by atoms with Gasteiger partial charge in [0.05, 0.1) is 12.1 Å². The van der Waals surface area contributed by atoms with E-state index in [-0.39, 0.29) is 29.7 Å². The molecule has 0 bridgehead atoms. The van der Waals surface area contributed by atoms with Crippen LogP contribution in [0.1, 0.15) is 45.2 Å². The van der Waals surface area contributed by atoms with Gasteiger partial charge in [0.15, 0.2) is 0 Å². The molecule has 1 aromatic rings. The summed E-state index contributed by atoms with van der Waals surface area (Å²) in [5, 5.41) is 0. The van der Waals surface area contributed by atoms with Gasteiger partial charge in [-0.2, -0.15) is 0 Å². The summed E-state index contributed by atoms with van der Waals surface area (Å²) in [4.78, 5) is 14.5. The quantitative estimate of drug-likeness (QED) is 0.900. The van der Waals surface area contributed by atoms with E-state index in [2.05, 4.69) is 0 Å². The Labute approximate surface area is 120 Å². The molecule has 3 nitrogen and oxygen atoms in total. The average Bonchev–Trinajstić information content (AvgIpc) is 3.23. The van der Waals surface area contributed by atoms with Gasteiger partial charge in [0.1, 0.15) is 5.82 Å². The lowest BCUT2D eigenvalue weighted by Gasteiger charge is -2.33. The van der Waals surface area contributed by atoms with Crippen molar-refractivity contribution in [1.82, 2.24) is 4.90 Å². The van der Waals surface area contributed by atoms with Gasteiger partial charge in [-0.05, 0) is 43.4 Å². The zero-order chi connectivity index (χ0) is 14.9. The number of rotatable bonds is 5. The maximum absolute atomic E-state index is 13.0. The first-order valence-electron chi connectivity index (χ1n) is 7.25. The summed E-state index contributed by atoms with van der Waals surface area (Å²) in [6.07, 6.45) is 2.06. The second-order valence-corrected chi connectivity index (χ2v) is 5.97. The van der Waals surface area contributed by atoms with E-state index in [4.69, 9.17) is 5.73 Å². The third-order valence-corrected chi connectivity index (χ3v) is 3.97. The van der Waals surface area contributed by atoms with E-state index in [1.165, 1.54) is 12.1 Å². The molecule has 1 saturated carbocycles. The largest absolute Gasteiger partial charge is 0.332 e. The normalized spacial score (nSPS) is 17.9. The van der Waals surface area contributed by atoms with Crippen molar-refractivity contribution < 1.29 is 9.18 Å². The fourth-order valence-electron chi connectivity index (χ4n) is 2.40. The van der Waals surface area contributed by atoms with Crippen LogP contribution in [0.3, 0.4) is 0 Å². The highest BCUT2D eigenvalue weighted by atomic mass is 19.1. The second-order valence-electron chi connectivity index (χ2n) is 5.97. The van der Waals surface area contributed by atoms with Crippen molar-refractivity contribution in [1.29, 1.82) is 0 Å². The average molecular weight is 278 g/mol. The molecule has 1 aliphatic rings. The van der Waals surface area contributed by atoms with E-state index >= 15 is 0 Å². The zero-order valence-corrected chi connectivity index (χ0v) is 12.3. The van der Waals surface area contributed by atoms with E-state index < -0.39 is 6.04 Å². The second kappa shape index (κ2) is 5.92. The van der Waals surface area contributed by atoms with Gasteiger partial charge in [-0.1, -0.05) is 26.0 Å². The first kappa shape index (κ1) is 15.0. The minimum Gasteiger partial charge on any atom is -0.332 e. The number of benzene rings is 1. The van der Waals surface area contributed by atoms with Crippen molar-refractivity contribution in [3.8, 4) is 0 Å². The number of carbonyl (C=O) groups excluding carboxylic acids is 1. The number of carbonyl (C=O) groups is 1. The molecule has 2 atom stereocenters. The third-order valence-electron chi connectivity index (χ3n) is 3.97. The lowest BCUT2D eigenvalue weighted by molar-refractivity contribution is -0.136. The molecule has 4 heteroatoms. The Bertz CT molecular complexity index is 468. The summed E-state index contributed by atoms with van der Waals surface area (Å²) < 4.78 is 13.0. The van der Waals surface area contributed by atoms with Gasteiger partial charge >= 0.3 is 0 Å². The molecule has 0 heterocycles. The van der Waals surface area contributed by atoms with Crippen LogP contribution in [0.25, 0.3) is 0 Å². The molecule has 20 heavy (non-hydrogen) atoms. The zero-order valence-electron chi connectivity index (χ0n) is 12.3. The summed E-state index contributed by atoms with van der Waals surface area (Å²) in [6, 6.07) is 6.09. The summed E-state index contributed by atoms with van der Waals surface area (Å²) in [7, 11) is 0. The maximum atomic E-state index is 13.0. The minimum absolute atomic E-state index is 0.000625. The fraction of sp³-hybridized carbons (Fsp3) is 0.562. The lowest BCUT2D eigenvalue weighted by Crippen LogP contribution is -2.48. The summed E-state index contributed by atoms with van der Waals surface area (Å²) in [6.45, 7) is 5.89. The van der Waals surface area contributed by atoms with Crippen LogP contribution in [-0.2, 0) is 4.79 Å². The Morgan fingerprint density at radius 1 is 1.25 bits per heavy atom. The van der Waals surface area contributed by atoms with E-state index in [1.807, 2.05) is 25.7 Å². The Hall–Kier alpha value is -1.42. The molecule has 2 N–H and O–H groups in total. The SMILES string of the molecule is CC(C)C(N)C(=O)N(C1CC1)C(C)c1ccc(F)cc1. The summed E-state index contributed by atoms with van der Waals surface area (Å²) in [5.41, 5.74) is 6.96. The van der Waals surface area contributed by atoms with Crippen molar-refractivity contribution in [2.75, 3.05) is 0 Å². The molecule has 0 aromatic heterocycles. The van der Waals surface area contributed by atoms with Crippen LogP contribution in [0.4, 0.5) is 4.39 Å². The predicted molar refractivity (Wildman–Crippen MR) is 77.5 cm³/mol. The van der Waals surface area contributed by atoms with E-state index in [1.54, 1.807) is 12.1 Å². The molecule has 1 fully saturated rings. The highest BCUT2D eigenvalue weighted by molar-refractivity contribution is 5.83. The molecule has 1 aromatic carbocycles. The highest BCUT2D eigenvalue weighted by Gasteiger charge is 2.38. The Morgan fingerprint density at radius 2 is 1.80 bits per heavy atom. The molecular weight excluding hydrogens is 255 g/mol. The van der Waals surface area contributed by atoms with Gasteiger partial charge in [0.2, 0.25) is 5.91 Å². The minimum atomic E-state index is -0.474. The van der Waals surface area contributed by atoms with Gasteiger partial charge in [0.25, 0.3) is 0 Å². The van der Waals surface area contributed by atoms with Crippen LogP contribution in [0.15, 0.2) is 24.3 Å². The number of nitrogens with two attached hydrogens (primary N) is 1. The smallest absolute Gasteiger partial charge is 0.240 e. The van der Waals surface area contributed by atoms with E-state index in [0.717, 1.165) is 18.4 Å². The van der Waals surface area contributed by atoms with Crippen molar-refractivity contribution in [2.45, 2.75) is 51.7 Å². The molecule has 0 saturated heterocycles. The van der Waals surface area contributed by atoms with Crippen LogP contribution < -0.4 is 5.73 Å². The predicted octanol–water partition coefficient (Wildman–Crippen LogP) is 2.86. The number of nitrogens with zero attached hydrogens (tertiary/aromatic N) is 1. The van der Waals surface area contributed by atoms with Crippen LogP contribution in [0.5, 0.6) is 0 Å². The van der Waals surface area contributed by atoms with Crippen LogP contribution in [-0.4, -0.2) is 22.9 Å². The molecule has 2 rings (SSSR count). The number of hydrogen-bond donors (Lipinski definition) is 1. The Morgan fingerprint density at radius 3 is 2.25 bits per heavy atom. The molecule has 0 radical (unpaired) electrons. The standard InChI is InChI=1S/C16H23FN2O/c1-10(2)15(18)16(20)19(14-8-9-14)11(3)12-4-6-13(17)7-5-12/h4-7,10-11,14-15H,8-9,18H2,1-3H3. The first-order chi connectivity index (χ1) is 9.41. The van der Waals surface area contributed by atoms with Gasteiger partial charge in [-0.25, -0.2) is 4.39 Å². The van der Waals surface area contributed by atoms with E-state index in [0.29, 0.717) is 0 Å². The molecule has 1 aliphatic carbocycles. The maximum Gasteiger partial charge on any atom is 0.240 e. The lowest BCUT2D eigenvalue weighted by atomic mass is 10.0. The third kappa shape index (κ3) is 3.18.